The van der Waals surface area contributed by atoms with Crippen LogP contribution in [0.1, 0.15) is 12.6 Å². The van der Waals surface area contributed by atoms with Crippen LogP contribution in [0.5, 0.6) is 0 Å². The standard InChI is InChI=1S/C18H23F3N6S.HI/c1-13(28-14-6-4-3-5-7-14)12-26-16(22-2)24-10-11-25-17-23-9-8-15(27-17)18(19,20)21;/h3-9,13H,10-12H2,1-2H3,(H2,22,24,26)(H,23,25,27);1H. The monoisotopic (exact) mass is 540 g/mol. The Morgan fingerprint density at radius 3 is 2.52 bits per heavy atom. The molecular formula is C18H24F3IN6S. The lowest BCUT2D eigenvalue weighted by Crippen LogP contribution is -2.41. The summed E-state index contributed by atoms with van der Waals surface area (Å²) in [7, 11) is 1.66. The minimum absolute atomic E-state index is 0. The molecule has 0 aliphatic carbocycles. The van der Waals surface area contributed by atoms with Gasteiger partial charge in [0, 0.05) is 43.0 Å². The van der Waals surface area contributed by atoms with Crippen molar-refractivity contribution in [2.45, 2.75) is 23.2 Å². The van der Waals surface area contributed by atoms with Crippen molar-refractivity contribution in [3.8, 4) is 0 Å². The number of thioether (sulfide) groups is 1. The highest BCUT2D eigenvalue weighted by atomic mass is 127. The maximum absolute atomic E-state index is 12.6. The van der Waals surface area contributed by atoms with Crippen LogP contribution in [0.2, 0.25) is 0 Å². The van der Waals surface area contributed by atoms with Crippen LogP contribution in [0.4, 0.5) is 19.1 Å². The highest BCUT2D eigenvalue weighted by molar-refractivity contribution is 14.0. The lowest BCUT2D eigenvalue weighted by molar-refractivity contribution is -0.141. The Kier molecular flexibility index (Phi) is 11.1. The fourth-order valence-electron chi connectivity index (χ4n) is 2.19. The fraction of sp³-hybridized carbons (Fsp3) is 0.389. The number of aliphatic imine (C=N–C) groups is 1. The van der Waals surface area contributed by atoms with Gasteiger partial charge in [0.05, 0.1) is 0 Å². The third kappa shape index (κ3) is 9.52. The zero-order valence-electron chi connectivity index (χ0n) is 16.0. The molecule has 1 heterocycles. The highest BCUT2D eigenvalue weighted by Gasteiger charge is 2.32. The van der Waals surface area contributed by atoms with Crippen LogP contribution in [0.15, 0.2) is 52.5 Å². The maximum Gasteiger partial charge on any atom is 0.433 e. The predicted octanol–water partition coefficient (Wildman–Crippen LogP) is 3.87. The topological polar surface area (TPSA) is 74.2 Å². The van der Waals surface area contributed by atoms with Crippen LogP contribution in [0.3, 0.4) is 0 Å². The summed E-state index contributed by atoms with van der Waals surface area (Å²) >= 11 is 1.76. The Morgan fingerprint density at radius 2 is 1.86 bits per heavy atom. The first-order chi connectivity index (χ1) is 13.4. The summed E-state index contributed by atoms with van der Waals surface area (Å²) in [6, 6.07) is 11.0. The molecule has 1 atom stereocenters. The van der Waals surface area contributed by atoms with Gasteiger partial charge in [-0.25, -0.2) is 9.97 Å². The SMILES string of the molecule is CN=C(NCCNc1nccc(C(F)(F)F)n1)NCC(C)Sc1ccccc1.I. The van der Waals surface area contributed by atoms with Gasteiger partial charge in [0.2, 0.25) is 5.95 Å². The first-order valence-corrected chi connectivity index (χ1v) is 9.57. The van der Waals surface area contributed by atoms with E-state index < -0.39 is 11.9 Å². The maximum atomic E-state index is 12.6. The molecule has 0 spiro atoms. The smallest absolute Gasteiger partial charge is 0.355 e. The first kappa shape index (κ1) is 25.3. The van der Waals surface area contributed by atoms with Gasteiger partial charge >= 0.3 is 6.18 Å². The van der Waals surface area contributed by atoms with E-state index >= 15 is 0 Å². The normalized spacial score (nSPS) is 12.7. The molecule has 1 aromatic carbocycles. The number of nitrogens with zero attached hydrogens (tertiary/aromatic N) is 3. The van der Waals surface area contributed by atoms with Crippen molar-refractivity contribution >= 4 is 47.6 Å². The van der Waals surface area contributed by atoms with Crippen molar-refractivity contribution in [1.82, 2.24) is 20.6 Å². The number of aromatic nitrogens is 2. The van der Waals surface area contributed by atoms with E-state index in [0.29, 0.717) is 30.8 Å². The molecule has 1 aromatic heterocycles. The molecule has 2 aromatic rings. The summed E-state index contributed by atoms with van der Waals surface area (Å²) in [6.45, 7) is 3.61. The summed E-state index contributed by atoms with van der Waals surface area (Å²) < 4.78 is 37.9. The van der Waals surface area contributed by atoms with E-state index in [1.54, 1.807) is 18.8 Å². The zero-order valence-corrected chi connectivity index (χ0v) is 19.2. The molecule has 29 heavy (non-hydrogen) atoms. The first-order valence-electron chi connectivity index (χ1n) is 8.69. The van der Waals surface area contributed by atoms with Crippen LogP contribution in [0, 0.1) is 0 Å². The molecule has 6 nitrogen and oxygen atoms in total. The Bertz CT molecular complexity index is 761. The number of hydrogen-bond donors (Lipinski definition) is 3. The Labute approximate surface area is 189 Å². The van der Waals surface area contributed by atoms with E-state index in [9.17, 15) is 13.2 Å². The number of rotatable bonds is 8. The molecule has 0 amide bonds. The fourth-order valence-corrected chi connectivity index (χ4v) is 3.14. The molecule has 0 fully saturated rings. The van der Waals surface area contributed by atoms with Crippen molar-refractivity contribution in [2.75, 3.05) is 32.0 Å². The number of guanidine groups is 1. The molecule has 0 saturated heterocycles. The Morgan fingerprint density at radius 1 is 1.14 bits per heavy atom. The summed E-state index contributed by atoms with van der Waals surface area (Å²) in [5, 5.41) is 9.41. The van der Waals surface area contributed by atoms with Crippen molar-refractivity contribution in [3.05, 3.63) is 48.3 Å². The van der Waals surface area contributed by atoms with Crippen molar-refractivity contribution in [3.63, 3.8) is 0 Å². The van der Waals surface area contributed by atoms with Crippen molar-refractivity contribution in [2.24, 2.45) is 4.99 Å². The quantitative estimate of drug-likeness (QED) is 0.155. The second kappa shape index (κ2) is 12.7. The van der Waals surface area contributed by atoms with E-state index in [-0.39, 0.29) is 29.9 Å². The molecule has 0 radical (unpaired) electrons. The number of halogens is 4. The highest BCUT2D eigenvalue weighted by Crippen LogP contribution is 2.27. The van der Waals surface area contributed by atoms with Crippen molar-refractivity contribution < 1.29 is 13.2 Å². The number of nitrogens with one attached hydrogen (secondary N) is 3. The van der Waals surface area contributed by atoms with E-state index in [2.05, 4.69) is 50.0 Å². The van der Waals surface area contributed by atoms with Gasteiger partial charge in [-0.05, 0) is 18.2 Å². The molecule has 3 N–H and O–H groups in total. The number of anilines is 1. The average Bonchev–Trinajstić information content (AvgIpc) is 2.68. The Hall–Kier alpha value is -1.76. The third-order valence-electron chi connectivity index (χ3n) is 3.51. The van der Waals surface area contributed by atoms with Gasteiger partial charge in [0.1, 0.15) is 5.69 Å². The Balaban J connectivity index is 0.00000420. The molecule has 0 bridgehead atoms. The van der Waals surface area contributed by atoms with Crippen molar-refractivity contribution in [1.29, 1.82) is 0 Å². The minimum Gasteiger partial charge on any atom is -0.355 e. The molecule has 0 saturated carbocycles. The van der Waals surface area contributed by atoms with E-state index in [0.717, 1.165) is 12.3 Å². The van der Waals surface area contributed by atoms with Gasteiger partial charge in [-0.3, -0.25) is 4.99 Å². The average molecular weight is 540 g/mol. The van der Waals surface area contributed by atoms with E-state index in [4.69, 9.17) is 0 Å². The zero-order chi connectivity index (χ0) is 20.4. The van der Waals surface area contributed by atoms with E-state index in [1.165, 1.54) is 4.90 Å². The van der Waals surface area contributed by atoms with Crippen LogP contribution < -0.4 is 16.0 Å². The largest absolute Gasteiger partial charge is 0.433 e. The van der Waals surface area contributed by atoms with Crippen LogP contribution in [0.25, 0.3) is 0 Å². The molecule has 1 unspecified atom stereocenters. The van der Waals surface area contributed by atoms with Crippen LogP contribution in [-0.4, -0.2) is 47.9 Å². The third-order valence-corrected chi connectivity index (χ3v) is 4.62. The van der Waals surface area contributed by atoms with Gasteiger partial charge in [0.25, 0.3) is 0 Å². The number of benzene rings is 1. The number of alkyl halides is 3. The molecule has 2 rings (SSSR count). The lowest BCUT2D eigenvalue weighted by atomic mass is 10.4. The summed E-state index contributed by atoms with van der Waals surface area (Å²) in [4.78, 5) is 12.6. The second-order valence-corrected chi connectivity index (χ2v) is 7.32. The number of hydrogen-bond acceptors (Lipinski definition) is 5. The predicted molar refractivity (Wildman–Crippen MR) is 122 cm³/mol. The summed E-state index contributed by atoms with van der Waals surface area (Å²) in [6.07, 6.45) is -3.41. The van der Waals surface area contributed by atoms with Gasteiger partial charge in [-0.2, -0.15) is 13.2 Å². The molecular weight excluding hydrogens is 516 g/mol. The van der Waals surface area contributed by atoms with Gasteiger partial charge in [-0.1, -0.05) is 25.1 Å². The lowest BCUT2D eigenvalue weighted by Gasteiger charge is -2.16. The van der Waals surface area contributed by atoms with Gasteiger partial charge in [0.15, 0.2) is 5.96 Å². The molecule has 11 heteroatoms. The van der Waals surface area contributed by atoms with Gasteiger partial charge in [-0.15, -0.1) is 35.7 Å². The van der Waals surface area contributed by atoms with Gasteiger partial charge < -0.3 is 16.0 Å². The molecule has 160 valence electrons. The second-order valence-electron chi connectivity index (χ2n) is 5.81. The molecule has 0 aliphatic rings. The summed E-state index contributed by atoms with van der Waals surface area (Å²) in [5.74, 6) is 0.555. The summed E-state index contributed by atoms with van der Waals surface area (Å²) in [5.41, 5.74) is -0.972. The molecule has 0 aliphatic heterocycles. The van der Waals surface area contributed by atoms with Crippen LogP contribution >= 0.6 is 35.7 Å². The van der Waals surface area contributed by atoms with E-state index in [1.807, 2.05) is 18.2 Å². The minimum atomic E-state index is -4.49. The van der Waals surface area contributed by atoms with Crippen LogP contribution in [-0.2, 0) is 6.18 Å².